The fraction of sp³-hybridized carbons (Fsp3) is 0.0526. The number of halogens is 4. The van der Waals surface area contributed by atoms with Crippen molar-refractivity contribution in [2.45, 2.75) is 6.18 Å². The van der Waals surface area contributed by atoms with Gasteiger partial charge in [0.25, 0.3) is 5.91 Å². The number of carbonyl (C=O) groups excluding carboxylic acids is 1. The van der Waals surface area contributed by atoms with E-state index in [1.54, 1.807) is 30.3 Å². The van der Waals surface area contributed by atoms with Crippen molar-refractivity contribution in [1.82, 2.24) is 5.43 Å². The predicted molar refractivity (Wildman–Crippen MR) is 95.7 cm³/mol. The van der Waals surface area contributed by atoms with Crippen LogP contribution >= 0.6 is 11.6 Å². The van der Waals surface area contributed by atoms with Gasteiger partial charge in [0.1, 0.15) is 11.5 Å². The third-order valence-corrected chi connectivity index (χ3v) is 3.78. The summed E-state index contributed by atoms with van der Waals surface area (Å²) in [5, 5.41) is 4.27. The molecule has 0 aliphatic heterocycles. The van der Waals surface area contributed by atoms with Gasteiger partial charge in [0.05, 0.1) is 11.8 Å². The second-order valence-corrected chi connectivity index (χ2v) is 5.93. The van der Waals surface area contributed by atoms with Crippen LogP contribution in [0, 0.1) is 0 Å². The first kappa shape index (κ1) is 18.7. The largest absolute Gasteiger partial charge is 0.455 e. The summed E-state index contributed by atoms with van der Waals surface area (Å²) in [6.07, 6.45) is -3.27. The highest BCUT2D eigenvalue weighted by Crippen LogP contribution is 2.29. The molecule has 1 aromatic heterocycles. The van der Waals surface area contributed by atoms with E-state index in [4.69, 9.17) is 16.0 Å². The summed E-state index contributed by atoms with van der Waals surface area (Å²) in [4.78, 5) is 11.9. The molecule has 1 amide bonds. The van der Waals surface area contributed by atoms with Gasteiger partial charge in [-0.25, -0.2) is 5.43 Å². The minimum atomic E-state index is -4.52. The van der Waals surface area contributed by atoms with Crippen molar-refractivity contribution in [2.75, 3.05) is 0 Å². The predicted octanol–water partition coefficient (Wildman–Crippen LogP) is 5.38. The van der Waals surface area contributed by atoms with E-state index in [1.165, 1.54) is 12.3 Å². The van der Waals surface area contributed by atoms with Crippen molar-refractivity contribution in [2.24, 2.45) is 5.10 Å². The molecule has 0 radical (unpaired) electrons. The molecule has 0 saturated heterocycles. The van der Waals surface area contributed by atoms with Crippen LogP contribution in [0.25, 0.3) is 11.3 Å². The first-order valence-corrected chi connectivity index (χ1v) is 8.07. The maximum absolute atomic E-state index is 12.7. The molecular formula is C19H12ClF3N2O2. The summed E-state index contributed by atoms with van der Waals surface area (Å²) in [5.74, 6) is 0.149. The molecule has 1 N–H and O–H groups in total. The third-order valence-electron chi connectivity index (χ3n) is 3.55. The first-order valence-electron chi connectivity index (χ1n) is 7.69. The van der Waals surface area contributed by atoms with Crippen LogP contribution in [0.4, 0.5) is 13.2 Å². The summed E-state index contributed by atoms with van der Waals surface area (Å²) in [6, 6.07) is 14.5. The SMILES string of the molecule is O=C(N/N=C\c1ccc(-c2cccc(Cl)c2)o1)c1cccc(C(F)(F)F)c1. The molecule has 3 aromatic rings. The fourth-order valence-corrected chi connectivity index (χ4v) is 2.47. The Balaban J connectivity index is 1.67. The minimum absolute atomic E-state index is 0.152. The number of furan rings is 1. The molecule has 0 fully saturated rings. The van der Waals surface area contributed by atoms with Crippen LogP contribution in [0.5, 0.6) is 0 Å². The van der Waals surface area contributed by atoms with E-state index < -0.39 is 17.6 Å². The lowest BCUT2D eigenvalue weighted by molar-refractivity contribution is -0.137. The maximum atomic E-state index is 12.7. The minimum Gasteiger partial charge on any atom is -0.455 e. The zero-order chi connectivity index (χ0) is 19.4. The molecular weight excluding hydrogens is 381 g/mol. The quantitative estimate of drug-likeness (QED) is 0.478. The number of hydrogen-bond acceptors (Lipinski definition) is 3. The summed E-state index contributed by atoms with van der Waals surface area (Å²) in [7, 11) is 0. The zero-order valence-electron chi connectivity index (χ0n) is 13.6. The monoisotopic (exact) mass is 392 g/mol. The average molecular weight is 393 g/mol. The van der Waals surface area contributed by atoms with Crippen LogP contribution in [0.15, 0.2) is 70.2 Å². The smallest absolute Gasteiger partial charge is 0.416 e. The average Bonchev–Trinajstić information content (AvgIpc) is 3.10. The molecule has 0 unspecified atom stereocenters. The molecule has 4 nitrogen and oxygen atoms in total. The van der Waals surface area contributed by atoms with Gasteiger partial charge < -0.3 is 4.42 Å². The number of carbonyl (C=O) groups is 1. The molecule has 0 saturated carbocycles. The van der Waals surface area contributed by atoms with E-state index in [9.17, 15) is 18.0 Å². The van der Waals surface area contributed by atoms with E-state index in [1.807, 2.05) is 6.07 Å². The van der Waals surface area contributed by atoms with Crippen molar-refractivity contribution in [3.8, 4) is 11.3 Å². The topological polar surface area (TPSA) is 54.6 Å². The fourth-order valence-electron chi connectivity index (χ4n) is 2.27. The van der Waals surface area contributed by atoms with Crippen LogP contribution in [0.2, 0.25) is 5.02 Å². The number of nitrogens with zero attached hydrogens (tertiary/aromatic N) is 1. The second kappa shape index (κ2) is 7.67. The number of hydrogen-bond donors (Lipinski definition) is 1. The van der Waals surface area contributed by atoms with Crippen molar-refractivity contribution >= 4 is 23.7 Å². The molecule has 8 heteroatoms. The lowest BCUT2D eigenvalue weighted by Crippen LogP contribution is -2.18. The number of hydrazone groups is 1. The van der Waals surface area contributed by atoms with E-state index in [0.29, 0.717) is 16.5 Å². The second-order valence-electron chi connectivity index (χ2n) is 5.49. The number of alkyl halides is 3. The van der Waals surface area contributed by atoms with Gasteiger partial charge in [0, 0.05) is 16.1 Å². The van der Waals surface area contributed by atoms with Crippen LogP contribution in [-0.4, -0.2) is 12.1 Å². The van der Waals surface area contributed by atoms with Gasteiger partial charge in [-0.3, -0.25) is 4.79 Å². The lowest BCUT2D eigenvalue weighted by Gasteiger charge is -2.07. The molecule has 0 aliphatic carbocycles. The Bertz CT molecular complexity index is 996. The normalized spacial score (nSPS) is 11.7. The van der Waals surface area contributed by atoms with Gasteiger partial charge in [-0.1, -0.05) is 29.8 Å². The number of nitrogens with one attached hydrogen (secondary N) is 1. The van der Waals surface area contributed by atoms with E-state index in [-0.39, 0.29) is 5.56 Å². The molecule has 138 valence electrons. The Morgan fingerprint density at radius 2 is 1.85 bits per heavy atom. The van der Waals surface area contributed by atoms with Crippen molar-refractivity contribution in [3.05, 3.63) is 82.6 Å². The third kappa shape index (κ3) is 4.77. The summed E-state index contributed by atoms with van der Waals surface area (Å²) in [5.41, 5.74) is 1.88. The zero-order valence-corrected chi connectivity index (χ0v) is 14.4. The number of amides is 1. The molecule has 3 rings (SSSR count). The van der Waals surface area contributed by atoms with Crippen molar-refractivity contribution in [3.63, 3.8) is 0 Å². The number of benzene rings is 2. The molecule has 0 aliphatic rings. The molecule has 2 aromatic carbocycles. The van der Waals surface area contributed by atoms with Gasteiger partial charge in [-0.05, 0) is 42.5 Å². The van der Waals surface area contributed by atoms with Crippen LogP contribution < -0.4 is 5.43 Å². The van der Waals surface area contributed by atoms with Gasteiger partial charge >= 0.3 is 6.18 Å². The maximum Gasteiger partial charge on any atom is 0.416 e. The molecule has 0 bridgehead atoms. The molecule has 1 heterocycles. The summed E-state index contributed by atoms with van der Waals surface area (Å²) in [6.45, 7) is 0. The highest BCUT2D eigenvalue weighted by Gasteiger charge is 2.30. The Morgan fingerprint density at radius 1 is 1.07 bits per heavy atom. The molecule has 0 spiro atoms. The van der Waals surface area contributed by atoms with Crippen LogP contribution in [-0.2, 0) is 6.18 Å². The van der Waals surface area contributed by atoms with Gasteiger partial charge in [0.2, 0.25) is 0 Å². The Labute approximate surface area is 157 Å². The Kier molecular flexibility index (Phi) is 5.32. The Hall–Kier alpha value is -3.06. The van der Waals surface area contributed by atoms with Crippen molar-refractivity contribution in [1.29, 1.82) is 0 Å². The van der Waals surface area contributed by atoms with Crippen LogP contribution in [0.3, 0.4) is 0 Å². The van der Waals surface area contributed by atoms with Gasteiger partial charge in [-0.15, -0.1) is 0 Å². The lowest BCUT2D eigenvalue weighted by atomic mass is 10.1. The standard InChI is InChI=1S/C19H12ClF3N2O2/c20-15-6-2-3-12(10-15)17-8-7-16(27-17)11-24-25-18(26)13-4-1-5-14(9-13)19(21,22)23/h1-11H,(H,25,26)/b24-11-. The van der Waals surface area contributed by atoms with Gasteiger partial charge in [-0.2, -0.15) is 18.3 Å². The van der Waals surface area contributed by atoms with Crippen LogP contribution in [0.1, 0.15) is 21.7 Å². The van der Waals surface area contributed by atoms with E-state index in [2.05, 4.69) is 10.5 Å². The summed E-state index contributed by atoms with van der Waals surface area (Å²) >= 11 is 5.93. The van der Waals surface area contributed by atoms with Crippen molar-refractivity contribution < 1.29 is 22.4 Å². The van der Waals surface area contributed by atoms with Gasteiger partial charge in [0.15, 0.2) is 0 Å². The highest BCUT2D eigenvalue weighted by molar-refractivity contribution is 6.30. The van der Waals surface area contributed by atoms with E-state index >= 15 is 0 Å². The number of rotatable bonds is 4. The Morgan fingerprint density at radius 3 is 2.59 bits per heavy atom. The summed E-state index contributed by atoms with van der Waals surface area (Å²) < 4.78 is 43.6. The van der Waals surface area contributed by atoms with E-state index in [0.717, 1.165) is 23.8 Å². The highest BCUT2D eigenvalue weighted by atomic mass is 35.5. The first-order chi connectivity index (χ1) is 12.8. The molecule has 0 atom stereocenters. The molecule has 27 heavy (non-hydrogen) atoms.